The highest BCUT2D eigenvalue weighted by Crippen LogP contribution is 2.60. The van der Waals surface area contributed by atoms with E-state index in [2.05, 4.69) is 5.92 Å². The van der Waals surface area contributed by atoms with Gasteiger partial charge in [0.05, 0.1) is 0 Å². The predicted octanol–water partition coefficient (Wildman–Crippen LogP) is 2.81. The summed E-state index contributed by atoms with van der Waals surface area (Å²) in [6.07, 6.45) is 13.0. The van der Waals surface area contributed by atoms with Crippen LogP contribution in [0, 0.1) is 35.5 Å². The van der Waals surface area contributed by atoms with Crippen LogP contribution in [0.2, 0.25) is 0 Å². The Morgan fingerprint density at radius 1 is 1.28 bits per heavy atom. The van der Waals surface area contributed by atoms with E-state index in [1.807, 2.05) is 0 Å². The number of terminal acetylenes is 1. The van der Waals surface area contributed by atoms with Crippen LogP contribution in [0.25, 0.3) is 0 Å². The lowest BCUT2D eigenvalue weighted by molar-refractivity contribution is -0.145. The number of ether oxygens (including phenoxy) is 1. The maximum Gasteiger partial charge on any atom is 0.142 e. The summed E-state index contributed by atoms with van der Waals surface area (Å²) in [5, 5.41) is 0. The minimum Gasteiger partial charge on any atom is -0.368 e. The molecule has 0 heterocycles. The van der Waals surface area contributed by atoms with E-state index in [0.717, 1.165) is 37.0 Å². The highest BCUT2D eigenvalue weighted by molar-refractivity contribution is 5.86. The average Bonchev–Trinajstić information content (AvgIpc) is 2.34. The molecule has 0 aliphatic heterocycles. The minimum absolute atomic E-state index is 0.0254. The Labute approximate surface area is 109 Å². The summed E-state index contributed by atoms with van der Waals surface area (Å²) >= 11 is 0. The fourth-order valence-corrected chi connectivity index (χ4v) is 5.05. The van der Waals surface area contributed by atoms with Crippen LogP contribution in [0.3, 0.4) is 0 Å². The first-order valence-corrected chi connectivity index (χ1v) is 7.17. The summed E-state index contributed by atoms with van der Waals surface area (Å²) in [7, 11) is 1.59. The van der Waals surface area contributed by atoms with Crippen molar-refractivity contribution in [3.63, 3.8) is 0 Å². The summed E-state index contributed by atoms with van der Waals surface area (Å²) in [5.41, 5.74) is -0.0254. The Kier molecular flexibility index (Phi) is 2.98. The van der Waals surface area contributed by atoms with Gasteiger partial charge in [0.25, 0.3) is 0 Å². The lowest BCUT2D eigenvalue weighted by Gasteiger charge is -2.56. The van der Waals surface area contributed by atoms with Gasteiger partial charge >= 0.3 is 0 Å². The standard InChI is InChI=1S/C16H22O2/c1-3-14(18-2)7-15(17)16-8-11-4-12(9-16)6-13(5-11)10-16/h1,11-14H,4-10H2,2H3. The number of Topliss-reactive ketones (excluding diaryl/α,β-unsaturated/α-hetero) is 1. The van der Waals surface area contributed by atoms with Gasteiger partial charge in [-0.3, -0.25) is 4.79 Å². The lowest BCUT2D eigenvalue weighted by Crippen LogP contribution is -2.50. The molecule has 98 valence electrons. The second-order valence-electron chi connectivity index (χ2n) is 6.72. The lowest BCUT2D eigenvalue weighted by atomic mass is 9.48. The predicted molar refractivity (Wildman–Crippen MR) is 69.9 cm³/mol. The highest BCUT2D eigenvalue weighted by Gasteiger charge is 2.54. The van der Waals surface area contributed by atoms with Crippen molar-refractivity contribution in [3.05, 3.63) is 0 Å². The van der Waals surface area contributed by atoms with E-state index in [1.54, 1.807) is 7.11 Å². The molecule has 4 bridgehead atoms. The number of carbonyl (C=O) groups excluding carboxylic acids is 1. The molecule has 0 amide bonds. The number of hydrogen-bond donors (Lipinski definition) is 0. The molecular weight excluding hydrogens is 224 g/mol. The molecule has 0 aromatic rings. The van der Waals surface area contributed by atoms with Crippen LogP contribution in [0.1, 0.15) is 44.9 Å². The van der Waals surface area contributed by atoms with Crippen LogP contribution in [0.15, 0.2) is 0 Å². The number of hydrogen-bond acceptors (Lipinski definition) is 2. The van der Waals surface area contributed by atoms with Crippen LogP contribution >= 0.6 is 0 Å². The molecule has 4 fully saturated rings. The molecular formula is C16H22O2. The Balaban J connectivity index is 1.75. The van der Waals surface area contributed by atoms with E-state index in [9.17, 15) is 4.79 Å². The number of methoxy groups -OCH3 is 1. The second-order valence-corrected chi connectivity index (χ2v) is 6.72. The molecule has 4 aliphatic rings. The second kappa shape index (κ2) is 4.38. The Morgan fingerprint density at radius 3 is 2.17 bits per heavy atom. The first kappa shape index (κ1) is 12.2. The molecule has 4 saturated carbocycles. The van der Waals surface area contributed by atoms with Crippen molar-refractivity contribution in [3.8, 4) is 12.3 Å². The summed E-state index contributed by atoms with van der Waals surface area (Å²) in [6, 6.07) is 0. The van der Waals surface area contributed by atoms with Gasteiger partial charge in [0, 0.05) is 18.9 Å². The third kappa shape index (κ3) is 1.89. The Bertz CT molecular complexity index is 355. The zero-order valence-corrected chi connectivity index (χ0v) is 11.2. The van der Waals surface area contributed by atoms with Crippen molar-refractivity contribution >= 4 is 5.78 Å². The molecule has 1 unspecified atom stereocenters. The summed E-state index contributed by atoms with van der Waals surface area (Å²) in [4.78, 5) is 12.6. The van der Waals surface area contributed by atoms with Crippen molar-refractivity contribution < 1.29 is 9.53 Å². The highest BCUT2D eigenvalue weighted by atomic mass is 16.5. The summed E-state index contributed by atoms with van der Waals surface area (Å²) in [5.74, 6) is 5.39. The van der Waals surface area contributed by atoms with Crippen molar-refractivity contribution in [1.29, 1.82) is 0 Å². The zero-order chi connectivity index (χ0) is 12.8. The van der Waals surface area contributed by atoms with E-state index in [0.29, 0.717) is 12.2 Å². The number of rotatable bonds is 4. The van der Waals surface area contributed by atoms with Crippen LogP contribution in [0.5, 0.6) is 0 Å². The molecule has 0 radical (unpaired) electrons. The monoisotopic (exact) mass is 246 g/mol. The maximum atomic E-state index is 12.6. The first-order valence-electron chi connectivity index (χ1n) is 7.17. The van der Waals surface area contributed by atoms with Gasteiger partial charge < -0.3 is 4.74 Å². The van der Waals surface area contributed by atoms with E-state index in [1.165, 1.54) is 19.3 Å². The molecule has 1 atom stereocenters. The minimum atomic E-state index is -0.328. The third-order valence-electron chi connectivity index (χ3n) is 5.47. The quantitative estimate of drug-likeness (QED) is 0.713. The molecule has 0 aromatic heterocycles. The van der Waals surface area contributed by atoms with Crippen LogP contribution < -0.4 is 0 Å². The van der Waals surface area contributed by atoms with Gasteiger partial charge in [-0.25, -0.2) is 0 Å². The Hall–Kier alpha value is -0.810. The molecule has 4 rings (SSSR count). The van der Waals surface area contributed by atoms with Crippen LogP contribution in [0.4, 0.5) is 0 Å². The van der Waals surface area contributed by atoms with Gasteiger partial charge in [-0.2, -0.15) is 0 Å². The topological polar surface area (TPSA) is 26.3 Å². The van der Waals surface area contributed by atoms with E-state index in [4.69, 9.17) is 11.2 Å². The van der Waals surface area contributed by atoms with Crippen molar-refractivity contribution in [1.82, 2.24) is 0 Å². The SMILES string of the molecule is C#CC(CC(=O)C12CC3CC(CC(C3)C1)C2)OC. The molecule has 4 aliphatic carbocycles. The molecule has 0 N–H and O–H groups in total. The van der Waals surface area contributed by atoms with Crippen LogP contribution in [-0.2, 0) is 9.53 Å². The summed E-state index contributed by atoms with van der Waals surface area (Å²) in [6.45, 7) is 0. The van der Waals surface area contributed by atoms with Gasteiger partial charge in [-0.15, -0.1) is 6.42 Å². The normalized spacial score (nSPS) is 42.6. The average molecular weight is 246 g/mol. The van der Waals surface area contributed by atoms with Crippen LogP contribution in [-0.4, -0.2) is 19.0 Å². The maximum absolute atomic E-state index is 12.6. The van der Waals surface area contributed by atoms with Crippen molar-refractivity contribution in [2.45, 2.75) is 51.0 Å². The van der Waals surface area contributed by atoms with E-state index >= 15 is 0 Å². The van der Waals surface area contributed by atoms with Gasteiger partial charge in [0.2, 0.25) is 0 Å². The van der Waals surface area contributed by atoms with E-state index in [-0.39, 0.29) is 11.5 Å². The number of carbonyl (C=O) groups is 1. The summed E-state index contributed by atoms with van der Waals surface area (Å²) < 4.78 is 5.18. The Morgan fingerprint density at radius 2 is 1.78 bits per heavy atom. The van der Waals surface area contributed by atoms with E-state index < -0.39 is 0 Å². The van der Waals surface area contributed by atoms with Gasteiger partial charge in [-0.05, 0) is 56.3 Å². The fourth-order valence-electron chi connectivity index (χ4n) is 5.05. The largest absolute Gasteiger partial charge is 0.368 e. The molecule has 2 heteroatoms. The smallest absolute Gasteiger partial charge is 0.142 e. The molecule has 0 saturated heterocycles. The van der Waals surface area contributed by atoms with Gasteiger partial charge in [0.1, 0.15) is 11.9 Å². The molecule has 0 spiro atoms. The van der Waals surface area contributed by atoms with Crippen molar-refractivity contribution in [2.24, 2.45) is 23.2 Å². The first-order chi connectivity index (χ1) is 8.65. The number of ketones is 1. The molecule has 0 aromatic carbocycles. The zero-order valence-electron chi connectivity index (χ0n) is 11.2. The third-order valence-corrected chi connectivity index (χ3v) is 5.47. The van der Waals surface area contributed by atoms with Crippen molar-refractivity contribution in [2.75, 3.05) is 7.11 Å². The van der Waals surface area contributed by atoms with Gasteiger partial charge in [-0.1, -0.05) is 5.92 Å². The van der Waals surface area contributed by atoms with Gasteiger partial charge in [0.15, 0.2) is 0 Å². The fraction of sp³-hybridized carbons (Fsp3) is 0.812. The molecule has 18 heavy (non-hydrogen) atoms. The molecule has 2 nitrogen and oxygen atoms in total.